The van der Waals surface area contributed by atoms with E-state index in [0.29, 0.717) is 0 Å². The fourth-order valence-corrected chi connectivity index (χ4v) is 2.03. The van der Waals surface area contributed by atoms with Gasteiger partial charge >= 0.3 is 0 Å². The molecule has 13 heavy (non-hydrogen) atoms. The number of hydrogen-bond donors (Lipinski definition) is 2. The van der Waals surface area contributed by atoms with E-state index in [9.17, 15) is 0 Å². The van der Waals surface area contributed by atoms with E-state index in [-0.39, 0.29) is 0 Å². The molecule has 0 aliphatic carbocycles. The molecule has 2 rings (SSSR count). The Morgan fingerprint density at radius 3 is 2.77 bits per heavy atom. The van der Waals surface area contributed by atoms with Crippen molar-refractivity contribution in [2.24, 2.45) is 0 Å². The first-order chi connectivity index (χ1) is 6.36. The van der Waals surface area contributed by atoms with Crippen molar-refractivity contribution < 1.29 is 0 Å². The van der Waals surface area contributed by atoms with Gasteiger partial charge in [0.05, 0.1) is 0 Å². The van der Waals surface area contributed by atoms with Crippen LogP contribution in [0.2, 0.25) is 0 Å². The molecule has 2 N–H and O–H groups in total. The Balaban J connectivity index is 2.72. The Morgan fingerprint density at radius 1 is 1.23 bits per heavy atom. The van der Waals surface area contributed by atoms with Crippen molar-refractivity contribution in [1.82, 2.24) is 10.3 Å². The predicted molar refractivity (Wildman–Crippen MR) is 55.7 cm³/mol. The third-order valence-electron chi connectivity index (χ3n) is 2.70. The molecule has 0 aromatic carbocycles. The number of H-pyrrole nitrogens is 1. The van der Waals surface area contributed by atoms with Gasteiger partial charge in [0, 0.05) is 30.6 Å². The monoisotopic (exact) mass is 176 g/mol. The molecule has 2 nitrogen and oxygen atoms in total. The van der Waals surface area contributed by atoms with E-state index in [2.05, 4.69) is 36.3 Å². The second-order valence-electron chi connectivity index (χ2n) is 3.41. The summed E-state index contributed by atoms with van der Waals surface area (Å²) >= 11 is 0. The average Bonchev–Trinajstić information content (AvgIpc) is 2.55. The first kappa shape index (κ1) is 8.57. The Bertz CT molecular complexity index is 412. The molecule has 1 aromatic rings. The molecule has 0 fully saturated rings. The molecule has 2 heterocycles. The molecular weight excluding hydrogens is 160 g/mol. The predicted octanol–water partition coefficient (Wildman–Crippen LogP) is 0.261. The standard InChI is InChI=1S/C11H16N2/c1-3-8-9-7-12-6-5-11(9)13-10(8)4-2/h3-4,12-13H,5-7H2,1-2H3/b8-3-,10-4+. The highest BCUT2D eigenvalue weighted by molar-refractivity contribution is 5.36. The maximum absolute atomic E-state index is 3.48. The van der Waals surface area contributed by atoms with Gasteiger partial charge in [-0.2, -0.15) is 0 Å². The lowest BCUT2D eigenvalue weighted by molar-refractivity contribution is 0.636. The van der Waals surface area contributed by atoms with Gasteiger partial charge in [-0.05, 0) is 24.6 Å². The Kier molecular flexibility index (Phi) is 2.23. The smallest absolute Gasteiger partial charge is 0.0412 e. The Morgan fingerprint density at radius 2 is 2.08 bits per heavy atom. The molecule has 0 saturated carbocycles. The molecule has 0 bridgehead atoms. The summed E-state index contributed by atoms with van der Waals surface area (Å²) in [6.45, 7) is 6.29. The molecule has 1 aromatic heterocycles. The quantitative estimate of drug-likeness (QED) is 0.583. The minimum atomic E-state index is 1.01. The largest absolute Gasteiger partial charge is 0.358 e. The van der Waals surface area contributed by atoms with Crippen molar-refractivity contribution in [3.8, 4) is 0 Å². The summed E-state index contributed by atoms with van der Waals surface area (Å²) in [5, 5.41) is 6.05. The molecule has 1 aliphatic heterocycles. The van der Waals surface area contributed by atoms with Gasteiger partial charge in [-0.25, -0.2) is 0 Å². The lowest BCUT2D eigenvalue weighted by Gasteiger charge is -2.11. The average molecular weight is 176 g/mol. The van der Waals surface area contributed by atoms with E-state index in [1.807, 2.05) is 0 Å². The highest BCUT2D eigenvalue weighted by Gasteiger charge is 2.11. The summed E-state index contributed by atoms with van der Waals surface area (Å²) in [5.74, 6) is 0. The Labute approximate surface area is 78.4 Å². The van der Waals surface area contributed by atoms with Crippen molar-refractivity contribution in [3.63, 3.8) is 0 Å². The maximum atomic E-state index is 3.48. The summed E-state index contributed by atoms with van der Waals surface area (Å²) < 4.78 is 0. The number of aromatic amines is 1. The second kappa shape index (κ2) is 3.38. The third kappa shape index (κ3) is 1.31. The van der Waals surface area contributed by atoms with Crippen LogP contribution in [0.25, 0.3) is 12.2 Å². The van der Waals surface area contributed by atoms with E-state index in [1.165, 1.54) is 21.8 Å². The first-order valence-electron chi connectivity index (χ1n) is 4.90. The van der Waals surface area contributed by atoms with Crippen molar-refractivity contribution in [3.05, 3.63) is 21.8 Å². The van der Waals surface area contributed by atoms with Crippen LogP contribution in [0.15, 0.2) is 0 Å². The first-order valence-corrected chi connectivity index (χ1v) is 4.90. The van der Waals surface area contributed by atoms with Crippen LogP contribution in [0, 0.1) is 0 Å². The summed E-state index contributed by atoms with van der Waals surface area (Å²) in [5.41, 5.74) is 2.88. The van der Waals surface area contributed by atoms with E-state index < -0.39 is 0 Å². The number of nitrogens with one attached hydrogen (secondary N) is 2. The van der Waals surface area contributed by atoms with Crippen LogP contribution in [0.1, 0.15) is 25.1 Å². The fourth-order valence-electron chi connectivity index (χ4n) is 2.03. The molecule has 1 aliphatic rings. The zero-order valence-corrected chi connectivity index (χ0v) is 8.28. The maximum Gasteiger partial charge on any atom is 0.0412 e. The summed E-state index contributed by atoms with van der Waals surface area (Å²) in [7, 11) is 0. The van der Waals surface area contributed by atoms with Gasteiger partial charge in [-0.3, -0.25) is 0 Å². The van der Waals surface area contributed by atoms with Gasteiger partial charge in [0.15, 0.2) is 0 Å². The van der Waals surface area contributed by atoms with Gasteiger partial charge in [-0.1, -0.05) is 12.2 Å². The van der Waals surface area contributed by atoms with Gasteiger partial charge < -0.3 is 10.3 Å². The normalized spacial score (nSPS) is 19.2. The van der Waals surface area contributed by atoms with Gasteiger partial charge in [0.2, 0.25) is 0 Å². The Hall–Kier alpha value is -1.02. The molecular formula is C11H16N2. The molecule has 0 spiro atoms. The fraction of sp³-hybridized carbons (Fsp3) is 0.455. The molecule has 70 valence electrons. The van der Waals surface area contributed by atoms with E-state index in [0.717, 1.165) is 19.5 Å². The molecule has 0 unspecified atom stereocenters. The summed E-state index contributed by atoms with van der Waals surface area (Å²) in [6, 6.07) is 0. The number of rotatable bonds is 0. The molecule has 0 radical (unpaired) electrons. The van der Waals surface area contributed by atoms with Gasteiger partial charge in [0.25, 0.3) is 0 Å². The van der Waals surface area contributed by atoms with Gasteiger partial charge in [0.1, 0.15) is 0 Å². The van der Waals surface area contributed by atoms with Crippen LogP contribution < -0.4 is 15.9 Å². The third-order valence-corrected chi connectivity index (χ3v) is 2.70. The van der Waals surface area contributed by atoms with E-state index in [1.54, 1.807) is 0 Å². The summed E-state index contributed by atoms with van der Waals surface area (Å²) in [4.78, 5) is 3.48. The van der Waals surface area contributed by atoms with Crippen LogP contribution in [0.5, 0.6) is 0 Å². The minimum Gasteiger partial charge on any atom is -0.358 e. The summed E-state index contributed by atoms with van der Waals surface area (Å²) in [6.07, 6.45) is 5.47. The topological polar surface area (TPSA) is 27.8 Å². The molecule has 0 atom stereocenters. The highest BCUT2D eigenvalue weighted by atomic mass is 14.9. The van der Waals surface area contributed by atoms with Crippen molar-refractivity contribution in [2.45, 2.75) is 26.8 Å². The molecule has 0 saturated heterocycles. The number of fused-ring (bicyclic) bond motifs is 1. The molecule has 2 heteroatoms. The lowest BCUT2D eigenvalue weighted by Crippen LogP contribution is -2.29. The minimum absolute atomic E-state index is 1.01. The van der Waals surface area contributed by atoms with Crippen LogP contribution in [0.3, 0.4) is 0 Å². The van der Waals surface area contributed by atoms with Gasteiger partial charge in [-0.15, -0.1) is 0 Å². The van der Waals surface area contributed by atoms with E-state index in [4.69, 9.17) is 0 Å². The van der Waals surface area contributed by atoms with Crippen LogP contribution in [0.4, 0.5) is 0 Å². The van der Waals surface area contributed by atoms with Crippen LogP contribution in [-0.2, 0) is 13.0 Å². The number of hydrogen-bond acceptors (Lipinski definition) is 1. The van der Waals surface area contributed by atoms with Crippen LogP contribution in [-0.4, -0.2) is 11.5 Å². The number of aromatic nitrogens is 1. The zero-order valence-electron chi connectivity index (χ0n) is 8.28. The molecule has 0 amide bonds. The zero-order chi connectivity index (χ0) is 9.26. The van der Waals surface area contributed by atoms with Crippen molar-refractivity contribution in [1.29, 1.82) is 0 Å². The van der Waals surface area contributed by atoms with E-state index >= 15 is 0 Å². The highest BCUT2D eigenvalue weighted by Crippen LogP contribution is 2.03. The lowest BCUT2D eigenvalue weighted by atomic mass is 10.1. The SMILES string of the molecule is C/C=c1/c2c([nH]/c1=C/C)CCNC2. The van der Waals surface area contributed by atoms with Crippen molar-refractivity contribution >= 4 is 12.2 Å². The van der Waals surface area contributed by atoms with Crippen molar-refractivity contribution in [2.75, 3.05) is 6.54 Å². The second-order valence-corrected chi connectivity index (χ2v) is 3.41. The van der Waals surface area contributed by atoms with Crippen LogP contribution >= 0.6 is 0 Å².